The molecular formula is C14H23N3O2S. The standard InChI is InChI=1S/C14H23N3O2S/c1-3-19-14(18)11-12(15)17(16-13(11)20-2)10-8-6-4-5-7-9-10/h10H,3-9,15H2,1-2H3. The molecule has 1 fully saturated rings. The zero-order valence-electron chi connectivity index (χ0n) is 12.2. The Morgan fingerprint density at radius 3 is 2.60 bits per heavy atom. The first-order valence-corrected chi connectivity index (χ1v) is 8.50. The van der Waals surface area contributed by atoms with Crippen LogP contribution in [-0.2, 0) is 4.74 Å². The minimum Gasteiger partial charge on any atom is -0.462 e. The van der Waals surface area contributed by atoms with Crippen molar-refractivity contribution in [2.45, 2.75) is 56.5 Å². The van der Waals surface area contributed by atoms with Gasteiger partial charge in [-0.2, -0.15) is 5.10 Å². The lowest BCUT2D eigenvalue weighted by molar-refractivity contribution is 0.0523. The van der Waals surface area contributed by atoms with Crippen LogP contribution in [0.4, 0.5) is 5.82 Å². The summed E-state index contributed by atoms with van der Waals surface area (Å²) in [6.45, 7) is 2.14. The molecule has 1 saturated carbocycles. The Kier molecular flexibility index (Phi) is 5.34. The minimum atomic E-state index is -0.366. The fourth-order valence-corrected chi connectivity index (χ4v) is 3.31. The number of anilines is 1. The van der Waals surface area contributed by atoms with Crippen LogP contribution in [0.15, 0.2) is 5.03 Å². The Morgan fingerprint density at radius 1 is 1.40 bits per heavy atom. The highest BCUT2D eigenvalue weighted by Crippen LogP contribution is 2.33. The molecule has 0 radical (unpaired) electrons. The number of esters is 1. The van der Waals surface area contributed by atoms with Crippen molar-refractivity contribution in [2.24, 2.45) is 0 Å². The number of aromatic nitrogens is 2. The van der Waals surface area contributed by atoms with Gasteiger partial charge in [0.05, 0.1) is 12.6 Å². The number of ether oxygens (including phenoxy) is 1. The van der Waals surface area contributed by atoms with E-state index in [0.717, 1.165) is 12.8 Å². The molecule has 0 unspecified atom stereocenters. The molecule has 112 valence electrons. The summed E-state index contributed by atoms with van der Waals surface area (Å²) in [6.07, 6.45) is 9.03. The SMILES string of the molecule is CCOC(=O)c1c(SC)nn(C2CCCCCC2)c1N. The molecule has 2 N–H and O–H groups in total. The number of nitrogens with two attached hydrogens (primary N) is 1. The summed E-state index contributed by atoms with van der Waals surface area (Å²) in [5, 5.41) is 5.22. The maximum Gasteiger partial charge on any atom is 0.344 e. The molecule has 2 rings (SSSR count). The van der Waals surface area contributed by atoms with E-state index in [1.165, 1.54) is 37.4 Å². The molecule has 5 nitrogen and oxygen atoms in total. The van der Waals surface area contributed by atoms with E-state index >= 15 is 0 Å². The van der Waals surface area contributed by atoms with E-state index in [1.54, 1.807) is 6.92 Å². The van der Waals surface area contributed by atoms with Crippen LogP contribution in [0, 0.1) is 0 Å². The van der Waals surface area contributed by atoms with Gasteiger partial charge in [-0.15, -0.1) is 11.8 Å². The summed E-state index contributed by atoms with van der Waals surface area (Å²) in [4.78, 5) is 12.0. The van der Waals surface area contributed by atoms with Crippen molar-refractivity contribution in [1.82, 2.24) is 9.78 Å². The predicted octanol–water partition coefficient (Wildman–Crippen LogP) is 3.26. The fraction of sp³-hybridized carbons (Fsp3) is 0.714. The van der Waals surface area contributed by atoms with Gasteiger partial charge in [-0.05, 0) is 26.0 Å². The van der Waals surface area contributed by atoms with Crippen LogP contribution in [0.5, 0.6) is 0 Å². The number of hydrogen-bond donors (Lipinski definition) is 1. The number of carbonyl (C=O) groups excluding carboxylic acids is 1. The van der Waals surface area contributed by atoms with Crippen molar-refractivity contribution in [3.05, 3.63) is 5.56 Å². The Morgan fingerprint density at radius 2 is 2.05 bits per heavy atom. The number of carbonyl (C=O) groups is 1. The second kappa shape index (κ2) is 7.02. The molecule has 6 heteroatoms. The van der Waals surface area contributed by atoms with Crippen molar-refractivity contribution < 1.29 is 9.53 Å². The second-order valence-corrected chi connectivity index (χ2v) is 5.87. The quantitative estimate of drug-likeness (QED) is 0.525. The average molecular weight is 297 g/mol. The topological polar surface area (TPSA) is 70.1 Å². The van der Waals surface area contributed by atoms with Gasteiger partial charge < -0.3 is 10.5 Å². The molecule has 1 aromatic heterocycles. The van der Waals surface area contributed by atoms with Crippen molar-refractivity contribution in [3.8, 4) is 0 Å². The van der Waals surface area contributed by atoms with E-state index in [1.807, 2.05) is 10.9 Å². The van der Waals surface area contributed by atoms with E-state index in [0.29, 0.717) is 29.1 Å². The van der Waals surface area contributed by atoms with E-state index in [2.05, 4.69) is 5.10 Å². The van der Waals surface area contributed by atoms with E-state index in [4.69, 9.17) is 10.5 Å². The lowest BCUT2D eigenvalue weighted by Gasteiger charge is -2.16. The maximum atomic E-state index is 12.0. The summed E-state index contributed by atoms with van der Waals surface area (Å²) < 4.78 is 6.94. The largest absolute Gasteiger partial charge is 0.462 e. The molecule has 0 bridgehead atoms. The lowest BCUT2D eigenvalue weighted by atomic mass is 10.1. The van der Waals surface area contributed by atoms with Gasteiger partial charge >= 0.3 is 5.97 Å². The van der Waals surface area contributed by atoms with Crippen LogP contribution in [0.25, 0.3) is 0 Å². The van der Waals surface area contributed by atoms with Gasteiger partial charge in [0.1, 0.15) is 16.4 Å². The first-order valence-electron chi connectivity index (χ1n) is 7.28. The molecule has 0 saturated heterocycles. The smallest absolute Gasteiger partial charge is 0.344 e. The van der Waals surface area contributed by atoms with E-state index in [9.17, 15) is 4.79 Å². The van der Waals surface area contributed by atoms with Crippen LogP contribution in [0.2, 0.25) is 0 Å². The molecule has 0 spiro atoms. The third kappa shape index (κ3) is 3.11. The van der Waals surface area contributed by atoms with Gasteiger partial charge in [-0.1, -0.05) is 25.7 Å². The molecule has 0 atom stereocenters. The molecule has 0 aliphatic heterocycles. The Balaban J connectivity index is 2.32. The Bertz CT molecular complexity index is 465. The molecular weight excluding hydrogens is 274 g/mol. The number of nitrogen functional groups attached to an aromatic ring is 1. The molecule has 20 heavy (non-hydrogen) atoms. The van der Waals surface area contributed by atoms with Gasteiger partial charge in [0.25, 0.3) is 0 Å². The first kappa shape index (κ1) is 15.2. The zero-order chi connectivity index (χ0) is 14.5. The summed E-state index contributed by atoms with van der Waals surface area (Å²) in [5.41, 5.74) is 6.61. The first-order chi connectivity index (χ1) is 9.69. The van der Waals surface area contributed by atoms with Crippen LogP contribution < -0.4 is 5.73 Å². The maximum absolute atomic E-state index is 12.0. The average Bonchev–Trinajstić information content (AvgIpc) is 2.63. The highest BCUT2D eigenvalue weighted by Gasteiger charge is 2.26. The van der Waals surface area contributed by atoms with Gasteiger partial charge in [-0.3, -0.25) is 0 Å². The van der Waals surface area contributed by atoms with Crippen molar-refractivity contribution in [3.63, 3.8) is 0 Å². The Labute approximate surface area is 124 Å². The molecule has 1 aliphatic carbocycles. The van der Waals surface area contributed by atoms with E-state index < -0.39 is 0 Å². The van der Waals surface area contributed by atoms with Crippen LogP contribution in [0.3, 0.4) is 0 Å². The number of nitrogens with zero attached hydrogens (tertiary/aromatic N) is 2. The van der Waals surface area contributed by atoms with Crippen LogP contribution in [0.1, 0.15) is 61.8 Å². The third-order valence-corrected chi connectivity index (χ3v) is 4.43. The van der Waals surface area contributed by atoms with Gasteiger partial charge in [0.2, 0.25) is 0 Å². The summed E-state index contributed by atoms with van der Waals surface area (Å²) >= 11 is 1.44. The van der Waals surface area contributed by atoms with Gasteiger partial charge in [0.15, 0.2) is 0 Å². The molecule has 1 aliphatic rings. The van der Waals surface area contributed by atoms with E-state index in [-0.39, 0.29) is 5.97 Å². The highest BCUT2D eigenvalue weighted by molar-refractivity contribution is 7.98. The monoisotopic (exact) mass is 297 g/mol. The second-order valence-electron chi connectivity index (χ2n) is 5.08. The minimum absolute atomic E-state index is 0.312. The predicted molar refractivity (Wildman–Crippen MR) is 81.1 cm³/mol. The molecule has 0 aromatic carbocycles. The number of thioether (sulfide) groups is 1. The Hall–Kier alpha value is -1.17. The summed E-state index contributed by atoms with van der Waals surface area (Å²) in [7, 11) is 0. The van der Waals surface area contributed by atoms with Crippen molar-refractivity contribution in [2.75, 3.05) is 18.6 Å². The summed E-state index contributed by atoms with van der Waals surface area (Å²) in [5.74, 6) is 0.0916. The molecule has 1 heterocycles. The number of rotatable bonds is 4. The normalized spacial score (nSPS) is 16.9. The van der Waals surface area contributed by atoms with Crippen LogP contribution in [-0.4, -0.2) is 28.6 Å². The summed E-state index contributed by atoms with van der Waals surface area (Å²) in [6, 6.07) is 0.312. The molecule has 0 amide bonds. The van der Waals surface area contributed by atoms with Crippen LogP contribution >= 0.6 is 11.8 Å². The molecule has 1 aromatic rings. The third-order valence-electron chi connectivity index (χ3n) is 3.76. The number of hydrogen-bond acceptors (Lipinski definition) is 5. The lowest BCUT2D eigenvalue weighted by Crippen LogP contribution is -2.14. The van der Waals surface area contributed by atoms with Crippen molar-refractivity contribution in [1.29, 1.82) is 0 Å². The highest BCUT2D eigenvalue weighted by atomic mass is 32.2. The van der Waals surface area contributed by atoms with Gasteiger partial charge in [-0.25, -0.2) is 9.48 Å². The van der Waals surface area contributed by atoms with Crippen molar-refractivity contribution >= 4 is 23.5 Å². The van der Waals surface area contributed by atoms with Gasteiger partial charge in [0, 0.05) is 0 Å². The zero-order valence-corrected chi connectivity index (χ0v) is 13.0. The fourth-order valence-electron chi connectivity index (χ4n) is 2.74.